The van der Waals surface area contributed by atoms with Crippen molar-refractivity contribution in [2.45, 2.75) is 5.92 Å². The van der Waals surface area contributed by atoms with Crippen LogP contribution in [0.25, 0.3) is 21.9 Å². The summed E-state index contributed by atoms with van der Waals surface area (Å²) in [5.41, 5.74) is 12.9. The molecule has 0 aliphatic rings. The fourth-order valence-electron chi connectivity index (χ4n) is 4.06. The van der Waals surface area contributed by atoms with E-state index in [1.807, 2.05) is 0 Å². The Morgan fingerprint density at radius 1 is 0.656 bits per heavy atom. The fraction of sp³-hybridized carbons (Fsp3) is 0.0400. The maximum absolute atomic E-state index is 13.7. The molecule has 5 rings (SSSR count). The Bertz CT molecular complexity index is 1500. The second-order valence-electron chi connectivity index (χ2n) is 7.41. The summed E-state index contributed by atoms with van der Waals surface area (Å²) in [5.74, 6) is -1.50. The second kappa shape index (κ2) is 7.39. The van der Waals surface area contributed by atoms with Gasteiger partial charge >= 0.3 is 11.3 Å². The lowest BCUT2D eigenvalue weighted by Crippen LogP contribution is -2.24. The molecule has 0 unspecified atom stereocenters. The van der Waals surface area contributed by atoms with Crippen LogP contribution in [0.3, 0.4) is 0 Å². The lowest BCUT2D eigenvalue weighted by Gasteiger charge is -2.21. The van der Waals surface area contributed by atoms with Crippen molar-refractivity contribution in [2.75, 3.05) is 11.5 Å². The van der Waals surface area contributed by atoms with Crippen LogP contribution in [0.4, 0.5) is 15.8 Å². The SMILES string of the molecule is Nc1c(C(c2ccc(F)cc2)c2c(N)c3ccccc3oc2=O)c(=O)oc2ccccc12. The molecule has 2 heterocycles. The Morgan fingerprint density at radius 2 is 1.09 bits per heavy atom. The van der Waals surface area contributed by atoms with Crippen LogP contribution >= 0.6 is 0 Å². The van der Waals surface area contributed by atoms with E-state index < -0.39 is 23.0 Å². The summed E-state index contributed by atoms with van der Waals surface area (Å²) in [5, 5.41) is 1.02. The van der Waals surface area contributed by atoms with Crippen molar-refractivity contribution < 1.29 is 13.2 Å². The van der Waals surface area contributed by atoms with Crippen molar-refractivity contribution in [3.8, 4) is 0 Å². The minimum atomic E-state index is -1.03. The Kier molecular flexibility index (Phi) is 4.52. The van der Waals surface area contributed by atoms with E-state index in [1.165, 1.54) is 24.3 Å². The molecule has 0 aliphatic heterocycles. The standard InChI is InChI=1S/C25H17FN2O4/c26-14-11-9-13(10-12-14)19(20-22(27)15-5-1-3-7-17(15)31-24(20)29)21-23(28)16-6-2-4-8-18(16)32-25(21)30/h1-12,19H,27-28H2. The van der Waals surface area contributed by atoms with E-state index in [0.717, 1.165) is 0 Å². The topological polar surface area (TPSA) is 112 Å². The first-order valence-electron chi connectivity index (χ1n) is 9.83. The molecule has 0 saturated carbocycles. The molecule has 0 fully saturated rings. The van der Waals surface area contributed by atoms with Gasteiger partial charge in [-0.15, -0.1) is 0 Å². The molecule has 0 spiro atoms. The number of fused-ring (bicyclic) bond motifs is 2. The normalized spacial score (nSPS) is 11.4. The third kappa shape index (κ3) is 3.02. The molecule has 0 radical (unpaired) electrons. The molecule has 4 N–H and O–H groups in total. The van der Waals surface area contributed by atoms with Gasteiger partial charge in [0.15, 0.2) is 0 Å². The summed E-state index contributed by atoms with van der Waals surface area (Å²) in [4.78, 5) is 26.2. The summed E-state index contributed by atoms with van der Waals surface area (Å²) < 4.78 is 24.7. The van der Waals surface area contributed by atoms with Gasteiger partial charge in [-0.25, -0.2) is 14.0 Å². The van der Waals surface area contributed by atoms with Gasteiger partial charge in [-0.3, -0.25) is 0 Å². The molecule has 7 heteroatoms. The predicted molar refractivity (Wildman–Crippen MR) is 121 cm³/mol. The van der Waals surface area contributed by atoms with Crippen LogP contribution < -0.4 is 22.7 Å². The average molecular weight is 428 g/mol. The smallest absolute Gasteiger partial charge is 0.342 e. The molecule has 0 atom stereocenters. The van der Waals surface area contributed by atoms with Gasteiger partial charge in [0, 0.05) is 10.8 Å². The third-order valence-electron chi connectivity index (χ3n) is 5.56. The number of anilines is 2. The zero-order valence-electron chi connectivity index (χ0n) is 16.7. The second-order valence-corrected chi connectivity index (χ2v) is 7.41. The molecule has 0 amide bonds. The quantitative estimate of drug-likeness (QED) is 0.412. The number of benzene rings is 3. The molecule has 5 aromatic rings. The first-order chi connectivity index (χ1) is 15.5. The van der Waals surface area contributed by atoms with Gasteiger partial charge in [-0.1, -0.05) is 36.4 Å². The van der Waals surface area contributed by atoms with Crippen molar-refractivity contribution in [1.29, 1.82) is 0 Å². The van der Waals surface area contributed by atoms with Gasteiger partial charge in [-0.2, -0.15) is 0 Å². The van der Waals surface area contributed by atoms with Gasteiger partial charge in [0.25, 0.3) is 0 Å². The van der Waals surface area contributed by atoms with E-state index in [9.17, 15) is 14.0 Å². The average Bonchev–Trinajstić information content (AvgIpc) is 2.78. The highest BCUT2D eigenvalue weighted by atomic mass is 19.1. The van der Waals surface area contributed by atoms with E-state index in [-0.39, 0.29) is 22.5 Å². The van der Waals surface area contributed by atoms with Crippen molar-refractivity contribution >= 4 is 33.3 Å². The minimum absolute atomic E-state index is 0.0320. The number of hydrogen-bond donors (Lipinski definition) is 2. The van der Waals surface area contributed by atoms with Crippen LogP contribution in [0.1, 0.15) is 22.6 Å². The number of hydrogen-bond acceptors (Lipinski definition) is 6. The molecule has 2 aromatic heterocycles. The highest BCUT2D eigenvalue weighted by Gasteiger charge is 2.30. The van der Waals surface area contributed by atoms with Crippen molar-refractivity contribution in [1.82, 2.24) is 0 Å². The van der Waals surface area contributed by atoms with Crippen LogP contribution in [-0.4, -0.2) is 0 Å². The Hall–Kier alpha value is -4.39. The van der Waals surface area contributed by atoms with Crippen LogP contribution in [0, 0.1) is 5.82 Å². The Morgan fingerprint density at radius 3 is 1.56 bits per heavy atom. The molecule has 0 bridgehead atoms. The van der Waals surface area contributed by atoms with Gasteiger partial charge < -0.3 is 20.3 Å². The number of nitrogen functional groups attached to an aromatic ring is 2. The first-order valence-corrected chi connectivity index (χ1v) is 9.83. The van der Waals surface area contributed by atoms with Gasteiger partial charge in [0.1, 0.15) is 17.0 Å². The predicted octanol–water partition coefficient (Wildman–Crippen LogP) is 4.38. The largest absolute Gasteiger partial charge is 0.422 e. The lowest BCUT2D eigenvalue weighted by atomic mass is 9.84. The minimum Gasteiger partial charge on any atom is -0.422 e. The number of halogens is 1. The Labute approximate surface area is 180 Å². The summed E-state index contributed by atoms with van der Waals surface area (Å²) in [6.07, 6.45) is 0. The molecule has 3 aromatic carbocycles. The van der Waals surface area contributed by atoms with E-state index in [4.69, 9.17) is 20.3 Å². The summed E-state index contributed by atoms with van der Waals surface area (Å²) in [7, 11) is 0. The van der Waals surface area contributed by atoms with Crippen LogP contribution in [0.15, 0.2) is 91.2 Å². The highest BCUT2D eigenvalue weighted by Crippen LogP contribution is 2.38. The molecule has 6 nitrogen and oxygen atoms in total. The maximum Gasteiger partial charge on any atom is 0.342 e. The van der Waals surface area contributed by atoms with Gasteiger partial charge in [0.05, 0.1) is 28.4 Å². The summed E-state index contributed by atoms with van der Waals surface area (Å²) in [6.45, 7) is 0. The lowest BCUT2D eigenvalue weighted by molar-refractivity contribution is 0.537. The monoisotopic (exact) mass is 428 g/mol. The number of rotatable bonds is 3. The van der Waals surface area contributed by atoms with Gasteiger partial charge in [-0.05, 0) is 42.0 Å². The Balaban J connectivity index is 1.91. The summed E-state index contributed by atoms with van der Waals surface area (Å²) >= 11 is 0. The summed E-state index contributed by atoms with van der Waals surface area (Å²) in [6, 6.07) is 19.1. The highest BCUT2D eigenvalue weighted by molar-refractivity contribution is 5.93. The zero-order valence-corrected chi connectivity index (χ0v) is 16.7. The van der Waals surface area contributed by atoms with Crippen LogP contribution in [0.5, 0.6) is 0 Å². The maximum atomic E-state index is 13.7. The van der Waals surface area contributed by atoms with E-state index >= 15 is 0 Å². The first kappa shape index (κ1) is 19.6. The van der Waals surface area contributed by atoms with Crippen LogP contribution in [-0.2, 0) is 0 Å². The van der Waals surface area contributed by atoms with E-state index in [2.05, 4.69) is 0 Å². The van der Waals surface area contributed by atoms with Crippen molar-refractivity contribution in [3.63, 3.8) is 0 Å². The van der Waals surface area contributed by atoms with Gasteiger partial charge in [0.2, 0.25) is 0 Å². The van der Waals surface area contributed by atoms with E-state index in [0.29, 0.717) is 27.5 Å². The molecular formula is C25H17FN2O4. The van der Waals surface area contributed by atoms with Crippen molar-refractivity contribution in [2.24, 2.45) is 0 Å². The number of nitrogens with two attached hydrogens (primary N) is 2. The fourth-order valence-corrected chi connectivity index (χ4v) is 4.06. The zero-order chi connectivity index (χ0) is 22.4. The number of para-hydroxylation sites is 2. The van der Waals surface area contributed by atoms with E-state index in [1.54, 1.807) is 48.5 Å². The molecule has 158 valence electrons. The molecule has 32 heavy (non-hydrogen) atoms. The molecule has 0 saturated heterocycles. The van der Waals surface area contributed by atoms with Crippen LogP contribution in [0.2, 0.25) is 0 Å². The molecular weight excluding hydrogens is 411 g/mol. The van der Waals surface area contributed by atoms with Crippen molar-refractivity contribution in [3.05, 3.63) is 116 Å². The molecule has 0 aliphatic carbocycles. The third-order valence-corrected chi connectivity index (χ3v) is 5.56.